The molecule has 10 heavy (non-hydrogen) atoms. The van der Waals surface area contributed by atoms with Crippen molar-refractivity contribution >= 4 is 5.57 Å². The fourth-order valence-electron chi connectivity index (χ4n) is 0.727. The summed E-state index contributed by atoms with van der Waals surface area (Å²) in [6.45, 7) is 10.7. The van der Waals surface area contributed by atoms with Gasteiger partial charge in [-0.1, -0.05) is 49.6 Å². The summed E-state index contributed by atoms with van der Waals surface area (Å²) in [6.07, 6.45) is 1.40. The Morgan fingerprint density at radius 3 is 2.30 bits per heavy atom. The van der Waals surface area contributed by atoms with Crippen molar-refractivity contribution in [2.24, 2.45) is 0 Å². The highest BCUT2D eigenvalue weighted by Gasteiger charge is 1.89. The van der Waals surface area contributed by atoms with Crippen LogP contribution in [0.1, 0.15) is 5.56 Å². The third-order valence-corrected chi connectivity index (χ3v) is 1.29. The number of allylic oxidation sites excluding steroid dienone is 2. The van der Waals surface area contributed by atoms with Gasteiger partial charge >= 0.3 is 0 Å². The van der Waals surface area contributed by atoms with E-state index in [4.69, 9.17) is 13.2 Å². The second-order valence-electron chi connectivity index (χ2n) is 1.99. The van der Waals surface area contributed by atoms with Crippen LogP contribution in [0.5, 0.6) is 0 Å². The van der Waals surface area contributed by atoms with Gasteiger partial charge in [0.1, 0.15) is 0 Å². The topological polar surface area (TPSA) is 0 Å². The SMILES string of the molecule is [CH]=CC(=[CH])c1ccccc1. The molecule has 0 atom stereocenters. The highest BCUT2D eigenvalue weighted by atomic mass is 13.9. The Balaban J connectivity index is 2.95. The second-order valence-corrected chi connectivity index (χ2v) is 1.99. The van der Waals surface area contributed by atoms with Gasteiger partial charge in [-0.2, -0.15) is 0 Å². The van der Waals surface area contributed by atoms with Crippen LogP contribution >= 0.6 is 0 Å². The van der Waals surface area contributed by atoms with Crippen molar-refractivity contribution in [2.75, 3.05) is 0 Å². The van der Waals surface area contributed by atoms with Crippen LogP contribution in [0.2, 0.25) is 0 Å². The minimum atomic E-state index is 0.612. The average molecular weight is 128 g/mol. The van der Waals surface area contributed by atoms with Crippen LogP contribution in [0.25, 0.3) is 5.57 Å². The zero-order valence-electron chi connectivity index (χ0n) is 5.62. The molecular weight excluding hydrogens is 120 g/mol. The lowest BCUT2D eigenvalue weighted by atomic mass is 10.1. The predicted molar refractivity (Wildman–Crippen MR) is 43.0 cm³/mol. The molecule has 0 spiro atoms. The van der Waals surface area contributed by atoms with E-state index in [9.17, 15) is 0 Å². The number of hydrogen-bond donors (Lipinski definition) is 0. The Hall–Kier alpha value is -1.30. The van der Waals surface area contributed by atoms with Crippen LogP contribution in [0, 0.1) is 13.2 Å². The standard InChI is InChI=1S/C10H8/c1-3-9(2)10-7-5-4-6-8-10/h1-8H. The first kappa shape index (κ1) is 6.81. The molecule has 0 saturated carbocycles. The van der Waals surface area contributed by atoms with Gasteiger partial charge in [-0.3, -0.25) is 0 Å². The van der Waals surface area contributed by atoms with E-state index in [0.29, 0.717) is 5.57 Å². The normalized spacial score (nSPS) is 8.80. The van der Waals surface area contributed by atoms with E-state index in [2.05, 4.69) is 0 Å². The molecule has 0 saturated heterocycles. The van der Waals surface area contributed by atoms with Crippen LogP contribution in [-0.2, 0) is 0 Å². The summed E-state index contributed by atoms with van der Waals surface area (Å²) in [6, 6.07) is 9.61. The lowest BCUT2D eigenvalue weighted by Gasteiger charge is -1.95. The molecule has 0 aromatic heterocycles. The first-order chi connectivity index (χ1) is 4.84. The van der Waals surface area contributed by atoms with Crippen molar-refractivity contribution in [3.8, 4) is 0 Å². The van der Waals surface area contributed by atoms with Crippen molar-refractivity contribution < 1.29 is 0 Å². The molecule has 0 heteroatoms. The van der Waals surface area contributed by atoms with Crippen molar-refractivity contribution in [1.82, 2.24) is 0 Å². The van der Waals surface area contributed by atoms with Gasteiger partial charge < -0.3 is 0 Å². The molecule has 0 nitrogen and oxygen atoms in total. The molecule has 0 fully saturated rings. The molecule has 48 valence electrons. The van der Waals surface area contributed by atoms with Gasteiger partial charge in [0.2, 0.25) is 0 Å². The summed E-state index contributed by atoms with van der Waals surface area (Å²) in [7, 11) is 0. The molecule has 0 unspecified atom stereocenters. The zero-order valence-corrected chi connectivity index (χ0v) is 5.62. The largest absolute Gasteiger partial charge is 0.0622 e. The molecule has 0 aliphatic rings. The molecule has 0 heterocycles. The van der Waals surface area contributed by atoms with E-state index >= 15 is 0 Å². The molecule has 1 aromatic rings. The third kappa shape index (κ3) is 1.35. The second kappa shape index (κ2) is 3.02. The Kier molecular flexibility index (Phi) is 2.06. The van der Waals surface area contributed by atoms with E-state index in [1.807, 2.05) is 30.3 Å². The molecule has 0 N–H and O–H groups in total. The van der Waals surface area contributed by atoms with E-state index in [1.165, 1.54) is 6.08 Å². The maximum absolute atomic E-state index is 5.53. The van der Waals surface area contributed by atoms with E-state index in [1.54, 1.807) is 0 Å². The molecule has 0 aliphatic heterocycles. The zero-order chi connectivity index (χ0) is 7.40. The van der Waals surface area contributed by atoms with E-state index in [0.717, 1.165) is 5.56 Å². The van der Waals surface area contributed by atoms with Crippen molar-refractivity contribution in [3.05, 3.63) is 55.1 Å². The maximum Gasteiger partial charge on any atom is -0.0184 e. The van der Waals surface area contributed by atoms with Crippen LogP contribution in [0.15, 0.2) is 36.4 Å². The summed E-state index contributed by atoms with van der Waals surface area (Å²) in [5.74, 6) is 0. The Bertz CT molecular complexity index is 231. The number of benzene rings is 1. The first-order valence-electron chi connectivity index (χ1n) is 3.07. The molecule has 1 aromatic carbocycles. The van der Waals surface area contributed by atoms with Crippen molar-refractivity contribution in [3.63, 3.8) is 0 Å². The summed E-state index contributed by atoms with van der Waals surface area (Å²) >= 11 is 0. The monoisotopic (exact) mass is 128 g/mol. The lowest BCUT2D eigenvalue weighted by molar-refractivity contribution is 1.63. The van der Waals surface area contributed by atoms with Crippen molar-refractivity contribution in [1.29, 1.82) is 0 Å². The van der Waals surface area contributed by atoms with Gasteiger partial charge in [0.15, 0.2) is 0 Å². The Labute approximate surface area is 61.5 Å². The van der Waals surface area contributed by atoms with Gasteiger partial charge in [0.05, 0.1) is 0 Å². The predicted octanol–water partition coefficient (Wildman–Crippen LogP) is 2.49. The van der Waals surface area contributed by atoms with Crippen LogP contribution < -0.4 is 0 Å². The number of hydrogen-bond acceptors (Lipinski definition) is 0. The fraction of sp³-hybridized carbons (Fsp3) is 0. The summed E-state index contributed by atoms with van der Waals surface area (Å²) in [5.41, 5.74) is 1.57. The Morgan fingerprint density at radius 2 is 1.80 bits per heavy atom. The minimum Gasteiger partial charge on any atom is -0.0622 e. The highest BCUT2D eigenvalue weighted by Crippen LogP contribution is 2.10. The van der Waals surface area contributed by atoms with E-state index in [-0.39, 0.29) is 0 Å². The van der Waals surface area contributed by atoms with Gasteiger partial charge in [-0.25, -0.2) is 0 Å². The summed E-state index contributed by atoms with van der Waals surface area (Å²) < 4.78 is 0. The molecule has 0 bridgehead atoms. The average Bonchev–Trinajstić information content (AvgIpc) is 2.05. The first-order valence-corrected chi connectivity index (χ1v) is 3.07. The van der Waals surface area contributed by atoms with Gasteiger partial charge in [0.25, 0.3) is 0 Å². The molecule has 2 radical (unpaired) electrons. The summed E-state index contributed by atoms with van der Waals surface area (Å²) in [4.78, 5) is 0. The van der Waals surface area contributed by atoms with Crippen LogP contribution in [0.3, 0.4) is 0 Å². The Morgan fingerprint density at radius 1 is 1.20 bits per heavy atom. The lowest BCUT2D eigenvalue weighted by Crippen LogP contribution is -1.74. The smallest absolute Gasteiger partial charge is 0.0184 e. The molecule has 0 aliphatic carbocycles. The molecular formula is C10H8. The third-order valence-electron chi connectivity index (χ3n) is 1.29. The van der Waals surface area contributed by atoms with Gasteiger partial charge in [-0.05, 0) is 11.1 Å². The minimum absolute atomic E-state index is 0.612. The van der Waals surface area contributed by atoms with Gasteiger partial charge in [-0.15, -0.1) is 0 Å². The maximum atomic E-state index is 5.53. The quantitative estimate of drug-likeness (QED) is 0.537. The van der Waals surface area contributed by atoms with E-state index < -0.39 is 0 Å². The molecule has 1 rings (SSSR count). The molecule has 0 amide bonds. The van der Waals surface area contributed by atoms with Crippen LogP contribution in [-0.4, -0.2) is 0 Å². The summed E-state index contributed by atoms with van der Waals surface area (Å²) in [5, 5.41) is 0. The highest BCUT2D eigenvalue weighted by molar-refractivity contribution is 5.69. The fourth-order valence-corrected chi connectivity index (χ4v) is 0.727. The number of rotatable bonds is 2. The van der Waals surface area contributed by atoms with Crippen molar-refractivity contribution in [2.45, 2.75) is 0 Å². The van der Waals surface area contributed by atoms with Gasteiger partial charge in [0, 0.05) is 0 Å². The van der Waals surface area contributed by atoms with Crippen LogP contribution in [0.4, 0.5) is 0 Å².